The van der Waals surface area contributed by atoms with Crippen molar-refractivity contribution in [3.05, 3.63) is 24.3 Å². The summed E-state index contributed by atoms with van der Waals surface area (Å²) < 4.78 is 0.389. The number of nitrogens with zero attached hydrogens (tertiary/aromatic N) is 1. The summed E-state index contributed by atoms with van der Waals surface area (Å²) >= 11 is 0. The van der Waals surface area contributed by atoms with Gasteiger partial charge in [-0.3, -0.25) is 9.59 Å². The number of likely N-dealkylation sites (N-methyl/N-ethyl adjacent to an activating group) is 1. The molecule has 0 rings (SSSR count). The molecule has 2 unspecified atom stereocenters. The first kappa shape index (κ1) is 26.5. The Morgan fingerprint density at radius 1 is 0.893 bits per heavy atom. The molecule has 28 heavy (non-hydrogen) atoms. The predicted octanol–water partition coefficient (Wildman–Crippen LogP) is 4.36. The van der Waals surface area contributed by atoms with Gasteiger partial charge in [0.25, 0.3) is 0 Å². The minimum atomic E-state index is -1.42. The number of allylic oxidation sites excluding steroid dienone is 4. The first-order chi connectivity index (χ1) is 13.2. The van der Waals surface area contributed by atoms with Crippen LogP contribution in [0.4, 0.5) is 0 Å². The molecule has 0 amide bonds. The molecule has 2 N–H and O–H groups in total. The number of unbranched alkanes of at least 4 members (excludes halogenated alkanes) is 9. The molecule has 0 radical (unpaired) electrons. The van der Waals surface area contributed by atoms with Gasteiger partial charge in [0, 0.05) is 0 Å². The second-order valence-electron chi connectivity index (χ2n) is 8.66. The van der Waals surface area contributed by atoms with Gasteiger partial charge in [0.1, 0.15) is 12.6 Å². The molecule has 0 saturated heterocycles. The third-order valence-corrected chi connectivity index (χ3v) is 4.67. The third kappa shape index (κ3) is 14.6. The van der Waals surface area contributed by atoms with E-state index in [4.69, 9.17) is 0 Å². The summed E-state index contributed by atoms with van der Waals surface area (Å²) in [7, 11) is 5.53. The summed E-state index contributed by atoms with van der Waals surface area (Å²) in [6, 6.07) is 0. The lowest BCUT2D eigenvalue weighted by molar-refractivity contribution is -0.873. The van der Waals surface area contributed by atoms with Gasteiger partial charge in [-0.2, -0.15) is 0 Å². The first-order valence-electron chi connectivity index (χ1n) is 10.8. The van der Waals surface area contributed by atoms with Crippen LogP contribution in [0.15, 0.2) is 24.3 Å². The normalized spacial score (nSPS) is 14.6. The average molecular weight is 397 g/mol. The van der Waals surface area contributed by atoms with E-state index >= 15 is 0 Å². The van der Waals surface area contributed by atoms with Crippen molar-refractivity contribution < 1.29 is 24.3 Å². The molecule has 162 valence electrons. The van der Waals surface area contributed by atoms with Gasteiger partial charge >= 0.3 is 5.97 Å². The first-order valence-corrected chi connectivity index (χ1v) is 10.8. The van der Waals surface area contributed by atoms with Crippen LogP contribution in [0.3, 0.4) is 0 Å². The van der Waals surface area contributed by atoms with Crippen LogP contribution in [-0.4, -0.2) is 60.2 Å². The fraction of sp³-hybridized carbons (Fsp3) is 0.739. The van der Waals surface area contributed by atoms with E-state index in [1.165, 1.54) is 57.4 Å². The Labute approximate surface area is 171 Å². The minimum Gasteiger partial charge on any atom is -0.481 e. The van der Waals surface area contributed by atoms with Gasteiger partial charge in [-0.1, -0.05) is 76.5 Å². The maximum absolute atomic E-state index is 12.1. The van der Waals surface area contributed by atoms with Crippen molar-refractivity contribution in [2.24, 2.45) is 5.92 Å². The standard InChI is InChI=1S/C23H41NO4/c1-5-6-7-8-9-10-11-12-13-14-15-16-17-18-20(25)22(23(27)28)21(26)19-24(2,3)4/h15-18,21-22,26H,5-14,19H2,1-4H3/p+1/b16-15-,18-17-. The number of aliphatic carboxylic acids is 1. The number of aliphatic hydroxyl groups is 1. The van der Waals surface area contributed by atoms with Crippen molar-refractivity contribution in [1.29, 1.82) is 0 Å². The Morgan fingerprint density at radius 3 is 1.93 bits per heavy atom. The third-order valence-electron chi connectivity index (χ3n) is 4.67. The van der Waals surface area contributed by atoms with E-state index in [1.54, 1.807) is 12.2 Å². The van der Waals surface area contributed by atoms with Gasteiger partial charge in [-0.05, 0) is 18.9 Å². The number of carbonyl (C=O) groups is 2. The summed E-state index contributed by atoms with van der Waals surface area (Å²) in [5, 5.41) is 19.4. The molecule has 0 fully saturated rings. The number of hydrogen-bond acceptors (Lipinski definition) is 3. The monoisotopic (exact) mass is 396 g/mol. The molecule has 0 saturated carbocycles. The summed E-state index contributed by atoms with van der Waals surface area (Å²) in [4.78, 5) is 23.5. The van der Waals surface area contributed by atoms with Crippen LogP contribution in [0.5, 0.6) is 0 Å². The number of carboxylic acid groups (broad SMARTS) is 1. The van der Waals surface area contributed by atoms with Crippen molar-refractivity contribution in [1.82, 2.24) is 0 Å². The van der Waals surface area contributed by atoms with Crippen LogP contribution >= 0.6 is 0 Å². The number of quaternary nitrogens is 1. The van der Waals surface area contributed by atoms with Crippen molar-refractivity contribution in [2.75, 3.05) is 27.7 Å². The summed E-state index contributed by atoms with van der Waals surface area (Å²) in [5.41, 5.74) is 0. The molecule has 5 heteroatoms. The number of rotatable bonds is 17. The Bertz CT molecular complexity index is 491. The molecule has 0 aromatic carbocycles. The number of carbonyl (C=O) groups excluding carboxylic acids is 1. The Morgan fingerprint density at radius 2 is 1.43 bits per heavy atom. The maximum atomic E-state index is 12.1. The Kier molecular flexibility index (Phi) is 14.7. The molecule has 0 aliphatic heterocycles. The van der Waals surface area contributed by atoms with Crippen molar-refractivity contribution in [2.45, 2.75) is 77.2 Å². The topological polar surface area (TPSA) is 74.6 Å². The SMILES string of the molecule is CCCCCCCCCCC/C=C\C=C/C(=O)C(C(=O)O)C(O)C[N+](C)(C)C. The van der Waals surface area contributed by atoms with E-state index in [-0.39, 0.29) is 6.54 Å². The molecule has 0 aliphatic rings. The molecule has 0 aromatic heterocycles. The van der Waals surface area contributed by atoms with Crippen LogP contribution < -0.4 is 0 Å². The van der Waals surface area contributed by atoms with Crippen LogP contribution in [0, 0.1) is 5.92 Å². The van der Waals surface area contributed by atoms with Crippen LogP contribution in [0.1, 0.15) is 71.1 Å². The zero-order valence-electron chi connectivity index (χ0n) is 18.4. The van der Waals surface area contributed by atoms with E-state index in [2.05, 4.69) is 6.92 Å². The molecular weight excluding hydrogens is 354 g/mol. The van der Waals surface area contributed by atoms with E-state index in [1.807, 2.05) is 27.2 Å². The second kappa shape index (κ2) is 15.5. The number of ketones is 1. The quantitative estimate of drug-likeness (QED) is 0.126. The number of hydrogen-bond donors (Lipinski definition) is 2. The molecule has 2 atom stereocenters. The number of carboxylic acids is 1. The minimum absolute atomic E-state index is 0.199. The molecule has 0 spiro atoms. The van der Waals surface area contributed by atoms with Gasteiger partial charge < -0.3 is 14.7 Å². The van der Waals surface area contributed by atoms with E-state index in [9.17, 15) is 19.8 Å². The number of aliphatic hydroxyl groups excluding tert-OH is 1. The lowest BCUT2D eigenvalue weighted by Gasteiger charge is -2.28. The lowest BCUT2D eigenvalue weighted by Crippen LogP contribution is -2.47. The van der Waals surface area contributed by atoms with Crippen LogP contribution in [-0.2, 0) is 9.59 Å². The molecule has 0 heterocycles. The van der Waals surface area contributed by atoms with Crippen LogP contribution in [0.2, 0.25) is 0 Å². The molecular formula is C23H42NO4+. The smallest absolute Gasteiger partial charge is 0.317 e. The predicted molar refractivity (Wildman–Crippen MR) is 115 cm³/mol. The molecule has 5 nitrogen and oxygen atoms in total. The van der Waals surface area contributed by atoms with E-state index in [0.717, 1.165) is 12.8 Å². The van der Waals surface area contributed by atoms with Crippen molar-refractivity contribution >= 4 is 11.8 Å². The summed E-state index contributed by atoms with van der Waals surface area (Å²) in [5.74, 6) is -3.27. The Balaban J connectivity index is 4.07. The van der Waals surface area contributed by atoms with Crippen molar-refractivity contribution in [3.63, 3.8) is 0 Å². The van der Waals surface area contributed by atoms with E-state index in [0.29, 0.717) is 4.48 Å². The highest BCUT2D eigenvalue weighted by Gasteiger charge is 2.35. The Hall–Kier alpha value is -1.46. The van der Waals surface area contributed by atoms with Crippen LogP contribution in [0.25, 0.3) is 0 Å². The second-order valence-corrected chi connectivity index (χ2v) is 8.66. The van der Waals surface area contributed by atoms with Gasteiger partial charge in [-0.15, -0.1) is 0 Å². The summed E-state index contributed by atoms with van der Waals surface area (Å²) in [6.07, 6.45) is 18.0. The zero-order valence-corrected chi connectivity index (χ0v) is 18.4. The highest BCUT2D eigenvalue weighted by Crippen LogP contribution is 2.12. The molecule has 0 aromatic rings. The summed E-state index contributed by atoms with van der Waals surface area (Å²) in [6.45, 7) is 2.43. The van der Waals surface area contributed by atoms with E-state index < -0.39 is 23.8 Å². The fourth-order valence-corrected chi connectivity index (χ4v) is 3.14. The lowest BCUT2D eigenvalue weighted by atomic mass is 9.96. The largest absolute Gasteiger partial charge is 0.481 e. The zero-order chi connectivity index (χ0) is 21.4. The van der Waals surface area contributed by atoms with Gasteiger partial charge in [0.05, 0.1) is 21.1 Å². The molecule has 0 aliphatic carbocycles. The molecule has 0 bridgehead atoms. The highest BCUT2D eigenvalue weighted by atomic mass is 16.4. The van der Waals surface area contributed by atoms with Crippen molar-refractivity contribution in [3.8, 4) is 0 Å². The van der Waals surface area contributed by atoms with Gasteiger partial charge in [0.2, 0.25) is 0 Å². The van der Waals surface area contributed by atoms with Gasteiger partial charge in [0.15, 0.2) is 11.7 Å². The van der Waals surface area contributed by atoms with Gasteiger partial charge in [-0.25, -0.2) is 0 Å². The maximum Gasteiger partial charge on any atom is 0.317 e. The fourth-order valence-electron chi connectivity index (χ4n) is 3.14. The highest BCUT2D eigenvalue weighted by molar-refractivity contribution is 6.05. The average Bonchev–Trinajstić information content (AvgIpc) is 2.57.